The van der Waals surface area contributed by atoms with E-state index in [2.05, 4.69) is 15.5 Å². The number of aryl methyl sites for hydroxylation is 2. The highest BCUT2D eigenvalue weighted by Crippen LogP contribution is 2.41. The number of nitro groups is 1. The van der Waals surface area contributed by atoms with Gasteiger partial charge in [0.2, 0.25) is 0 Å². The molecule has 1 aromatic carbocycles. The molecule has 1 aliphatic heterocycles. The SMILES string of the molecule is COc1cc2c(NC[C@@H]3CCCO3)c([N+](=O)[O-])cnc2cc1-c1c(C)noc1C. The number of hydrogen-bond donors (Lipinski definition) is 1. The van der Waals surface area contributed by atoms with Crippen LogP contribution in [0.5, 0.6) is 5.75 Å². The highest BCUT2D eigenvalue weighted by molar-refractivity contribution is 5.99. The summed E-state index contributed by atoms with van der Waals surface area (Å²) in [6.07, 6.45) is 3.26. The number of ether oxygens (including phenoxy) is 2. The molecule has 0 spiro atoms. The summed E-state index contributed by atoms with van der Waals surface area (Å²) >= 11 is 0. The first kappa shape index (κ1) is 19.1. The summed E-state index contributed by atoms with van der Waals surface area (Å²) in [5.41, 5.74) is 3.29. The van der Waals surface area contributed by atoms with Gasteiger partial charge in [0.05, 0.1) is 34.9 Å². The minimum Gasteiger partial charge on any atom is -0.496 e. The first-order chi connectivity index (χ1) is 14.0. The lowest BCUT2D eigenvalue weighted by Crippen LogP contribution is -2.19. The molecular formula is C20H22N4O5. The second-order valence-corrected chi connectivity index (χ2v) is 7.06. The van der Waals surface area contributed by atoms with Crippen LogP contribution in [0.15, 0.2) is 22.9 Å². The molecule has 0 amide bonds. The van der Waals surface area contributed by atoms with E-state index in [0.717, 1.165) is 36.3 Å². The van der Waals surface area contributed by atoms with Crippen LogP contribution in [0.2, 0.25) is 0 Å². The molecule has 1 fully saturated rings. The molecule has 9 heteroatoms. The van der Waals surface area contributed by atoms with E-state index >= 15 is 0 Å². The van der Waals surface area contributed by atoms with E-state index in [0.29, 0.717) is 34.6 Å². The maximum atomic E-state index is 11.6. The molecule has 3 aromatic rings. The Kier molecular flexibility index (Phi) is 5.06. The molecule has 0 radical (unpaired) electrons. The molecule has 1 N–H and O–H groups in total. The van der Waals surface area contributed by atoms with E-state index in [1.807, 2.05) is 19.9 Å². The van der Waals surface area contributed by atoms with E-state index in [1.54, 1.807) is 13.2 Å². The van der Waals surface area contributed by atoms with Crippen LogP contribution in [0.25, 0.3) is 22.0 Å². The quantitative estimate of drug-likeness (QED) is 0.489. The fourth-order valence-electron chi connectivity index (χ4n) is 3.79. The average molecular weight is 398 g/mol. The number of benzene rings is 1. The topological polar surface area (TPSA) is 113 Å². The van der Waals surface area contributed by atoms with Gasteiger partial charge in [0, 0.05) is 24.1 Å². The van der Waals surface area contributed by atoms with Crippen molar-refractivity contribution in [2.45, 2.75) is 32.8 Å². The van der Waals surface area contributed by atoms with Gasteiger partial charge in [-0.1, -0.05) is 5.16 Å². The maximum Gasteiger partial charge on any atom is 0.311 e. The fourth-order valence-corrected chi connectivity index (χ4v) is 3.79. The Balaban J connectivity index is 1.85. The fraction of sp³-hybridized carbons (Fsp3) is 0.400. The summed E-state index contributed by atoms with van der Waals surface area (Å²) in [5.74, 6) is 1.23. The zero-order chi connectivity index (χ0) is 20.5. The van der Waals surface area contributed by atoms with E-state index in [9.17, 15) is 10.1 Å². The van der Waals surface area contributed by atoms with Crippen LogP contribution < -0.4 is 10.1 Å². The minimum absolute atomic E-state index is 0.0429. The summed E-state index contributed by atoms with van der Waals surface area (Å²) < 4.78 is 16.5. The minimum atomic E-state index is -0.432. The number of anilines is 1. The third-order valence-electron chi connectivity index (χ3n) is 5.20. The zero-order valence-electron chi connectivity index (χ0n) is 16.5. The highest BCUT2D eigenvalue weighted by Gasteiger charge is 2.24. The van der Waals surface area contributed by atoms with Crippen molar-refractivity contribution >= 4 is 22.3 Å². The maximum absolute atomic E-state index is 11.6. The molecule has 9 nitrogen and oxygen atoms in total. The highest BCUT2D eigenvalue weighted by atomic mass is 16.6. The number of rotatable bonds is 6. The molecule has 1 saturated heterocycles. The lowest BCUT2D eigenvalue weighted by molar-refractivity contribution is -0.384. The molecule has 1 aliphatic rings. The van der Waals surface area contributed by atoms with Crippen molar-refractivity contribution in [2.24, 2.45) is 0 Å². The van der Waals surface area contributed by atoms with Crippen LogP contribution in [-0.4, -0.2) is 41.4 Å². The van der Waals surface area contributed by atoms with Gasteiger partial charge in [-0.05, 0) is 38.8 Å². The van der Waals surface area contributed by atoms with Gasteiger partial charge in [0.1, 0.15) is 23.4 Å². The molecule has 0 saturated carbocycles. The molecule has 1 atom stereocenters. The van der Waals surface area contributed by atoms with E-state index in [1.165, 1.54) is 6.20 Å². The third kappa shape index (κ3) is 3.49. The summed E-state index contributed by atoms with van der Waals surface area (Å²) in [4.78, 5) is 15.5. The monoisotopic (exact) mass is 398 g/mol. The van der Waals surface area contributed by atoms with Crippen LogP contribution >= 0.6 is 0 Å². The van der Waals surface area contributed by atoms with Crippen molar-refractivity contribution in [1.82, 2.24) is 10.1 Å². The van der Waals surface area contributed by atoms with Crippen molar-refractivity contribution in [3.05, 3.63) is 39.9 Å². The summed E-state index contributed by atoms with van der Waals surface area (Å²) in [7, 11) is 1.56. The number of nitrogens with zero attached hydrogens (tertiary/aromatic N) is 3. The van der Waals surface area contributed by atoms with Gasteiger partial charge in [-0.3, -0.25) is 10.1 Å². The Morgan fingerprint density at radius 1 is 1.38 bits per heavy atom. The molecule has 2 aromatic heterocycles. The smallest absolute Gasteiger partial charge is 0.311 e. The lowest BCUT2D eigenvalue weighted by atomic mass is 10.00. The van der Waals surface area contributed by atoms with Gasteiger partial charge in [-0.15, -0.1) is 0 Å². The normalized spacial score (nSPS) is 16.3. The number of methoxy groups -OCH3 is 1. The zero-order valence-corrected chi connectivity index (χ0v) is 16.5. The second kappa shape index (κ2) is 7.67. The summed E-state index contributed by atoms with van der Waals surface area (Å²) in [5, 5.41) is 19.4. The van der Waals surface area contributed by atoms with Gasteiger partial charge in [0.25, 0.3) is 0 Å². The van der Waals surface area contributed by atoms with Gasteiger partial charge in [-0.25, -0.2) is 4.98 Å². The van der Waals surface area contributed by atoms with Crippen LogP contribution in [0.4, 0.5) is 11.4 Å². The van der Waals surface area contributed by atoms with Gasteiger partial charge in [0.15, 0.2) is 0 Å². The Bertz CT molecular complexity index is 1050. The van der Waals surface area contributed by atoms with Gasteiger partial charge in [-0.2, -0.15) is 0 Å². The van der Waals surface area contributed by atoms with Crippen LogP contribution in [0.1, 0.15) is 24.3 Å². The molecule has 0 aliphatic carbocycles. The molecule has 0 unspecified atom stereocenters. The molecular weight excluding hydrogens is 376 g/mol. The first-order valence-electron chi connectivity index (χ1n) is 9.43. The third-order valence-corrected chi connectivity index (χ3v) is 5.20. The van der Waals surface area contributed by atoms with Crippen LogP contribution in [-0.2, 0) is 4.74 Å². The summed E-state index contributed by atoms with van der Waals surface area (Å²) in [6.45, 7) is 4.90. The van der Waals surface area contributed by atoms with Crippen molar-refractivity contribution < 1.29 is 18.9 Å². The van der Waals surface area contributed by atoms with E-state index in [-0.39, 0.29) is 11.8 Å². The van der Waals surface area contributed by atoms with Gasteiger partial charge >= 0.3 is 5.69 Å². The first-order valence-corrected chi connectivity index (χ1v) is 9.43. The average Bonchev–Trinajstić information content (AvgIpc) is 3.34. The molecule has 3 heterocycles. The van der Waals surface area contributed by atoms with Crippen molar-refractivity contribution in [3.8, 4) is 16.9 Å². The Morgan fingerprint density at radius 3 is 2.83 bits per heavy atom. The van der Waals surface area contributed by atoms with Crippen LogP contribution in [0.3, 0.4) is 0 Å². The number of fused-ring (bicyclic) bond motifs is 1. The second-order valence-electron chi connectivity index (χ2n) is 7.06. The van der Waals surface area contributed by atoms with E-state index in [4.69, 9.17) is 14.0 Å². The van der Waals surface area contributed by atoms with Crippen molar-refractivity contribution in [2.75, 3.05) is 25.6 Å². The Labute approximate surface area is 167 Å². The molecule has 152 valence electrons. The molecule has 4 rings (SSSR count). The van der Waals surface area contributed by atoms with E-state index < -0.39 is 4.92 Å². The molecule has 29 heavy (non-hydrogen) atoms. The van der Waals surface area contributed by atoms with Crippen LogP contribution in [0, 0.1) is 24.0 Å². The van der Waals surface area contributed by atoms with Crippen molar-refractivity contribution in [3.63, 3.8) is 0 Å². The lowest BCUT2D eigenvalue weighted by Gasteiger charge is -2.16. The molecule has 0 bridgehead atoms. The predicted octanol–water partition coefficient (Wildman–Crippen LogP) is 4.01. The Hall–Kier alpha value is -3.20. The number of pyridine rings is 1. The summed E-state index contributed by atoms with van der Waals surface area (Å²) in [6, 6.07) is 3.62. The predicted molar refractivity (Wildman–Crippen MR) is 107 cm³/mol. The van der Waals surface area contributed by atoms with Crippen molar-refractivity contribution in [1.29, 1.82) is 0 Å². The number of nitrogens with one attached hydrogen (secondary N) is 1. The largest absolute Gasteiger partial charge is 0.496 e. The number of hydrogen-bond acceptors (Lipinski definition) is 8. The Morgan fingerprint density at radius 2 is 2.21 bits per heavy atom. The number of aromatic nitrogens is 2. The standard InChI is InChI=1S/C20H22N4O5/c1-11-19(12(2)29-23-11)15-7-16-14(8-18(15)27-3)20(17(10-21-16)24(25)26)22-9-13-5-4-6-28-13/h7-8,10,13H,4-6,9H2,1-3H3,(H,21,22)/t13-/m0/s1. The van der Waals surface area contributed by atoms with Gasteiger partial charge < -0.3 is 19.3 Å².